The molecule has 1 aliphatic rings. The van der Waals surface area contributed by atoms with Crippen molar-refractivity contribution in [1.82, 2.24) is 34.7 Å². The average molecular weight is 353 g/mol. The highest BCUT2D eigenvalue weighted by atomic mass is 16.5. The minimum Gasteiger partial charge on any atom is -0.497 e. The van der Waals surface area contributed by atoms with Gasteiger partial charge in [-0.15, -0.1) is 5.10 Å². The third-order valence-corrected chi connectivity index (χ3v) is 4.99. The van der Waals surface area contributed by atoms with Crippen LogP contribution < -0.4 is 4.74 Å². The van der Waals surface area contributed by atoms with E-state index in [2.05, 4.69) is 36.9 Å². The van der Waals surface area contributed by atoms with Crippen LogP contribution in [0.3, 0.4) is 0 Å². The zero-order valence-corrected chi connectivity index (χ0v) is 15.1. The predicted octanol–water partition coefficient (Wildman–Crippen LogP) is 2.06. The summed E-state index contributed by atoms with van der Waals surface area (Å²) in [6, 6.07) is 5.97. The third-order valence-electron chi connectivity index (χ3n) is 4.99. The van der Waals surface area contributed by atoms with Gasteiger partial charge >= 0.3 is 0 Å². The summed E-state index contributed by atoms with van der Waals surface area (Å²) in [6.07, 6.45) is 7.83. The Kier molecular flexibility index (Phi) is 4.66. The fraction of sp³-hybridized carbons (Fsp3) is 0.444. The number of methoxy groups -OCH3 is 1. The van der Waals surface area contributed by atoms with E-state index >= 15 is 0 Å². The van der Waals surface area contributed by atoms with E-state index in [1.165, 1.54) is 13.0 Å². The van der Waals surface area contributed by atoms with Gasteiger partial charge < -0.3 is 14.2 Å². The maximum absolute atomic E-state index is 5.49. The largest absolute Gasteiger partial charge is 0.497 e. The van der Waals surface area contributed by atoms with E-state index in [0.717, 1.165) is 42.5 Å². The summed E-state index contributed by atoms with van der Waals surface area (Å²) in [5, 5.41) is 11.4. The fourth-order valence-electron chi connectivity index (χ4n) is 3.63. The molecule has 0 radical (unpaired) electrons. The van der Waals surface area contributed by atoms with Crippen molar-refractivity contribution in [3.05, 3.63) is 42.7 Å². The van der Waals surface area contributed by atoms with E-state index in [9.17, 15) is 0 Å². The normalized spacial score (nSPS) is 18.2. The molecule has 0 unspecified atom stereocenters. The number of rotatable bonds is 5. The zero-order valence-electron chi connectivity index (χ0n) is 15.1. The first-order valence-electron chi connectivity index (χ1n) is 8.97. The second-order valence-electron chi connectivity index (χ2n) is 6.53. The number of benzene rings is 1. The lowest BCUT2D eigenvalue weighted by Gasteiger charge is -2.31. The van der Waals surface area contributed by atoms with Crippen LogP contribution in [0.25, 0.3) is 11.4 Å². The number of hydrogen-bond donors (Lipinski definition) is 0. The lowest BCUT2D eigenvalue weighted by atomic mass is 9.97. The molecule has 3 heterocycles. The first kappa shape index (κ1) is 16.7. The molecule has 1 atom stereocenters. The summed E-state index contributed by atoms with van der Waals surface area (Å²) in [7, 11) is 1.66. The number of aromatic nitrogens is 6. The molecular formula is C18H23N7O. The van der Waals surface area contributed by atoms with Gasteiger partial charge in [0.2, 0.25) is 0 Å². The van der Waals surface area contributed by atoms with Gasteiger partial charge in [-0.2, -0.15) is 0 Å². The fourth-order valence-corrected chi connectivity index (χ4v) is 3.63. The average Bonchev–Trinajstić information content (AvgIpc) is 3.39. The van der Waals surface area contributed by atoms with E-state index < -0.39 is 0 Å². The molecule has 1 fully saturated rings. The number of piperidine rings is 1. The number of hydrogen-bond acceptors (Lipinski definition) is 6. The molecule has 1 aromatic carbocycles. The van der Waals surface area contributed by atoms with Gasteiger partial charge in [-0.05, 0) is 42.4 Å². The minimum absolute atomic E-state index is 0.432. The molecule has 0 bridgehead atoms. The van der Waals surface area contributed by atoms with Gasteiger partial charge in [0.25, 0.3) is 0 Å². The smallest absolute Gasteiger partial charge is 0.143 e. The van der Waals surface area contributed by atoms with Crippen LogP contribution in [-0.2, 0) is 0 Å². The number of likely N-dealkylation sites (tertiary alicyclic amines) is 1. The number of ether oxygens (including phenoxy) is 1. The van der Waals surface area contributed by atoms with Gasteiger partial charge in [0, 0.05) is 37.0 Å². The van der Waals surface area contributed by atoms with E-state index in [-0.39, 0.29) is 0 Å². The van der Waals surface area contributed by atoms with Crippen molar-refractivity contribution in [3.63, 3.8) is 0 Å². The Morgan fingerprint density at radius 3 is 2.88 bits per heavy atom. The summed E-state index contributed by atoms with van der Waals surface area (Å²) in [5.74, 6) is 2.28. The van der Waals surface area contributed by atoms with Gasteiger partial charge in [0.15, 0.2) is 0 Å². The third kappa shape index (κ3) is 3.20. The standard InChI is InChI=1S/C18H23N7O/c1-3-23-7-4-5-14(12-23)18-19-6-8-24(18)15-9-16(11-17(10-15)26-2)25-13-20-21-22-25/h6,8-11,13-14H,3-5,7,12H2,1-2H3/t14-/m0/s1. The van der Waals surface area contributed by atoms with Crippen molar-refractivity contribution in [2.24, 2.45) is 0 Å². The van der Waals surface area contributed by atoms with Crippen LogP contribution in [0.4, 0.5) is 0 Å². The quantitative estimate of drug-likeness (QED) is 0.699. The SMILES string of the molecule is CCN1CCC[C@H](c2nccn2-c2cc(OC)cc(-n3cnnn3)c2)C1. The highest BCUT2D eigenvalue weighted by Gasteiger charge is 2.24. The number of imidazole rings is 1. The van der Waals surface area contributed by atoms with Crippen molar-refractivity contribution >= 4 is 0 Å². The number of tetrazole rings is 1. The van der Waals surface area contributed by atoms with Crippen molar-refractivity contribution < 1.29 is 4.74 Å². The highest BCUT2D eigenvalue weighted by molar-refractivity contribution is 5.50. The van der Waals surface area contributed by atoms with Gasteiger partial charge in [0.1, 0.15) is 17.9 Å². The molecule has 0 saturated carbocycles. The molecule has 0 amide bonds. The maximum Gasteiger partial charge on any atom is 0.143 e. The molecule has 8 heteroatoms. The monoisotopic (exact) mass is 353 g/mol. The van der Waals surface area contributed by atoms with Crippen molar-refractivity contribution in [2.75, 3.05) is 26.7 Å². The highest BCUT2D eigenvalue weighted by Crippen LogP contribution is 2.29. The molecule has 0 N–H and O–H groups in total. The van der Waals surface area contributed by atoms with Crippen LogP contribution >= 0.6 is 0 Å². The maximum atomic E-state index is 5.49. The van der Waals surface area contributed by atoms with Gasteiger partial charge in [0.05, 0.1) is 18.5 Å². The van der Waals surface area contributed by atoms with E-state index in [1.54, 1.807) is 18.1 Å². The summed E-state index contributed by atoms with van der Waals surface area (Å²) in [4.78, 5) is 7.17. The lowest BCUT2D eigenvalue weighted by molar-refractivity contribution is 0.213. The summed E-state index contributed by atoms with van der Waals surface area (Å²) < 4.78 is 9.27. The number of likely N-dealkylation sites (N-methyl/N-ethyl adjacent to an activating group) is 1. The van der Waals surface area contributed by atoms with Crippen LogP contribution in [0.5, 0.6) is 5.75 Å². The Hall–Kier alpha value is -2.74. The topological polar surface area (TPSA) is 73.9 Å². The van der Waals surface area contributed by atoms with Crippen LogP contribution in [0.1, 0.15) is 31.5 Å². The second-order valence-corrected chi connectivity index (χ2v) is 6.53. The molecule has 3 aromatic rings. The molecule has 136 valence electrons. The zero-order chi connectivity index (χ0) is 17.9. The Morgan fingerprint density at radius 1 is 1.23 bits per heavy atom. The van der Waals surface area contributed by atoms with Crippen LogP contribution in [-0.4, -0.2) is 61.4 Å². The Labute approximate surface area is 152 Å². The predicted molar refractivity (Wildman–Crippen MR) is 96.9 cm³/mol. The summed E-state index contributed by atoms with van der Waals surface area (Å²) >= 11 is 0. The lowest BCUT2D eigenvalue weighted by Crippen LogP contribution is -2.35. The van der Waals surface area contributed by atoms with Gasteiger partial charge in [-0.1, -0.05) is 6.92 Å². The molecule has 1 aliphatic heterocycles. The van der Waals surface area contributed by atoms with Crippen LogP contribution in [0.15, 0.2) is 36.9 Å². The van der Waals surface area contributed by atoms with E-state index in [0.29, 0.717) is 5.92 Å². The molecule has 1 saturated heterocycles. The molecule has 26 heavy (non-hydrogen) atoms. The van der Waals surface area contributed by atoms with E-state index in [1.807, 2.05) is 30.6 Å². The van der Waals surface area contributed by atoms with Gasteiger partial charge in [-0.25, -0.2) is 9.67 Å². The van der Waals surface area contributed by atoms with Crippen LogP contribution in [0.2, 0.25) is 0 Å². The molecule has 0 spiro atoms. The van der Waals surface area contributed by atoms with Crippen molar-refractivity contribution in [2.45, 2.75) is 25.7 Å². The minimum atomic E-state index is 0.432. The van der Waals surface area contributed by atoms with Crippen molar-refractivity contribution in [1.29, 1.82) is 0 Å². The number of nitrogens with zero attached hydrogens (tertiary/aromatic N) is 7. The molecule has 8 nitrogen and oxygen atoms in total. The molecule has 4 rings (SSSR count). The van der Waals surface area contributed by atoms with Gasteiger partial charge in [-0.3, -0.25) is 0 Å². The van der Waals surface area contributed by atoms with Crippen molar-refractivity contribution in [3.8, 4) is 17.1 Å². The Morgan fingerprint density at radius 2 is 2.12 bits per heavy atom. The summed E-state index contributed by atoms with van der Waals surface area (Å²) in [5.41, 5.74) is 1.85. The second kappa shape index (κ2) is 7.25. The molecule has 0 aliphatic carbocycles. The molecule has 2 aromatic heterocycles. The first-order chi connectivity index (χ1) is 12.8. The van der Waals surface area contributed by atoms with E-state index in [4.69, 9.17) is 4.74 Å². The van der Waals surface area contributed by atoms with Crippen LogP contribution in [0, 0.1) is 0 Å². The summed E-state index contributed by atoms with van der Waals surface area (Å²) in [6.45, 7) is 5.53. The first-order valence-corrected chi connectivity index (χ1v) is 8.97. The Balaban J connectivity index is 1.72. The molecular weight excluding hydrogens is 330 g/mol. The Bertz CT molecular complexity index is 858.